The fourth-order valence-electron chi connectivity index (χ4n) is 3.27. The summed E-state index contributed by atoms with van der Waals surface area (Å²) in [6.45, 7) is 2.00. The van der Waals surface area contributed by atoms with E-state index >= 15 is 0 Å². The van der Waals surface area contributed by atoms with Gasteiger partial charge in [-0.05, 0) is 54.7 Å². The second-order valence-corrected chi connectivity index (χ2v) is 6.56. The number of carboxylic acid groups (broad SMARTS) is 1. The van der Waals surface area contributed by atoms with Crippen molar-refractivity contribution in [2.24, 2.45) is 0 Å². The van der Waals surface area contributed by atoms with E-state index in [1.165, 1.54) is 6.07 Å². The Balaban J connectivity index is 1.71. The molecule has 0 unspecified atom stereocenters. The fourth-order valence-corrected chi connectivity index (χ4v) is 3.27. The molecule has 132 valence electrons. The van der Waals surface area contributed by atoms with Crippen LogP contribution in [0, 0.1) is 5.82 Å². The number of carbonyl (C=O) groups is 1. The molecule has 2 aromatic carbocycles. The van der Waals surface area contributed by atoms with Crippen LogP contribution >= 0.6 is 0 Å². The van der Waals surface area contributed by atoms with Crippen LogP contribution in [-0.2, 0) is 17.7 Å². The number of nitrogens with one attached hydrogen (secondary N) is 1. The lowest BCUT2D eigenvalue weighted by Gasteiger charge is -2.38. The first-order chi connectivity index (χ1) is 12.1. The van der Waals surface area contributed by atoms with Crippen molar-refractivity contribution < 1.29 is 19.0 Å². The molecule has 4 nitrogen and oxygen atoms in total. The Kier molecular flexibility index (Phi) is 5.46. The van der Waals surface area contributed by atoms with Crippen molar-refractivity contribution >= 4 is 5.97 Å². The lowest BCUT2D eigenvalue weighted by Crippen LogP contribution is -2.50. The summed E-state index contributed by atoms with van der Waals surface area (Å²) in [5.41, 5.74) is 2.13. The SMILES string of the molecule is O=C(O)c1ccc(CNC2(Cc3cccc(F)c3)CCOCC2)cc1. The number of carboxylic acids is 1. The molecule has 25 heavy (non-hydrogen) atoms. The Morgan fingerprint density at radius 3 is 2.48 bits per heavy atom. The van der Waals surface area contributed by atoms with E-state index in [0.717, 1.165) is 30.4 Å². The fraction of sp³-hybridized carbons (Fsp3) is 0.350. The van der Waals surface area contributed by atoms with Gasteiger partial charge < -0.3 is 15.2 Å². The van der Waals surface area contributed by atoms with Gasteiger partial charge in [-0.25, -0.2) is 9.18 Å². The lowest BCUT2D eigenvalue weighted by molar-refractivity contribution is 0.0373. The number of hydrogen-bond donors (Lipinski definition) is 2. The van der Waals surface area contributed by atoms with Crippen molar-refractivity contribution in [3.8, 4) is 0 Å². The highest BCUT2D eigenvalue weighted by Gasteiger charge is 2.32. The van der Waals surface area contributed by atoms with Crippen molar-refractivity contribution in [2.75, 3.05) is 13.2 Å². The van der Waals surface area contributed by atoms with Crippen LogP contribution in [-0.4, -0.2) is 29.8 Å². The monoisotopic (exact) mass is 343 g/mol. The number of hydrogen-bond acceptors (Lipinski definition) is 3. The Hall–Kier alpha value is -2.24. The number of halogens is 1. The Labute approximate surface area is 146 Å². The molecule has 0 radical (unpaired) electrons. The topological polar surface area (TPSA) is 58.6 Å². The van der Waals surface area contributed by atoms with Crippen LogP contribution in [0.1, 0.15) is 34.3 Å². The number of rotatable bonds is 6. The molecule has 0 bridgehead atoms. The van der Waals surface area contributed by atoms with Gasteiger partial charge in [-0.2, -0.15) is 0 Å². The molecule has 3 rings (SSSR count). The molecular formula is C20H22FNO3. The van der Waals surface area contributed by atoms with Crippen LogP contribution in [0.2, 0.25) is 0 Å². The van der Waals surface area contributed by atoms with E-state index in [1.54, 1.807) is 24.3 Å². The minimum atomic E-state index is -0.925. The van der Waals surface area contributed by atoms with Gasteiger partial charge in [0.2, 0.25) is 0 Å². The van der Waals surface area contributed by atoms with Crippen LogP contribution in [0.25, 0.3) is 0 Å². The van der Waals surface area contributed by atoms with Crippen LogP contribution in [0.5, 0.6) is 0 Å². The quantitative estimate of drug-likeness (QED) is 0.844. The van der Waals surface area contributed by atoms with Crippen LogP contribution < -0.4 is 5.32 Å². The zero-order chi connectivity index (χ0) is 17.7. The average molecular weight is 343 g/mol. The standard InChI is InChI=1S/C20H22FNO3/c21-18-3-1-2-16(12-18)13-20(8-10-25-11-9-20)22-14-15-4-6-17(7-5-15)19(23)24/h1-7,12,22H,8-11,13-14H2,(H,23,24). The average Bonchev–Trinajstić information content (AvgIpc) is 2.61. The van der Waals surface area contributed by atoms with Crippen molar-refractivity contribution in [3.63, 3.8) is 0 Å². The van der Waals surface area contributed by atoms with Crippen molar-refractivity contribution in [2.45, 2.75) is 31.3 Å². The maximum absolute atomic E-state index is 13.5. The van der Waals surface area contributed by atoms with Gasteiger partial charge >= 0.3 is 5.97 Å². The Bertz CT molecular complexity index is 724. The highest BCUT2D eigenvalue weighted by atomic mass is 19.1. The van der Waals surface area contributed by atoms with E-state index in [1.807, 2.05) is 18.2 Å². The smallest absolute Gasteiger partial charge is 0.335 e. The second kappa shape index (κ2) is 7.76. The highest BCUT2D eigenvalue weighted by Crippen LogP contribution is 2.26. The third kappa shape index (κ3) is 4.65. The van der Waals surface area contributed by atoms with Gasteiger partial charge in [0.05, 0.1) is 5.56 Å². The summed E-state index contributed by atoms with van der Waals surface area (Å²) in [6.07, 6.45) is 2.45. The van der Waals surface area contributed by atoms with Crippen molar-refractivity contribution in [3.05, 3.63) is 71.0 Å². The van der Waals surface area contributed by atoms with E-state index in [2.05, 4.69) is 5.32 Å². The largest absolute Gasteiger partial charge is 0.478 e. The van der Waals surface area contributed by atoms with Crippen LogP contribution in [0.3, 0.4) is 0 Å². The highest BCUT2D eigenvalue weighted by molar-refractivity contribution is 5.87. The second-order valence-electron chi connectivity index (χ2n) is 6.56. The Morgan fingerprint density at radius 1 is 1.12 bits per heavy atom. The summed E-state index contributed by atoms with van der Waals surface area (Å²) < 4.78 is 19.0. The lowest BCUT2D eigenvalue weighted by atomic mass is 9.83. The van der Waals surface area contributed by atoms with E-state index in [9.17, 15) is 9.18 Å². The van der Waals surface area contributed by atoms with Gasteiger partial charge in [0.15, 0.2) is 0 Å². The maximum atomic E-state index is 13.5. The van der Waals surface area contributed by atoms with E-state index in [4.69, 9.17) is 9.84 Å². The third-order valence-corrected chi connectivity index (χ3v) is 4.75. The molecule has 1 fully saturated rings. The molecule has 1 saturated heterocycles. The van der Waals surface area contributed by atoms with Crippen molar-refractivity contribution in [1.82, 2.24) is 5.32 Å². The molecule has 2 aromatic rings. The minimum absolute atomic E-state index is 0.141. The number of benzene rings is 2. The van der Waals surface area contributed by atoms with Gasteiger partial charge in [0.25, 0.3) is 0 Å². The van der Waals surface area contributed by atoms with Crippen LogP contribution in [0.4, 0.5) is 4.39 Å². The summed E-state index contributed by atoms with van der Waals surface area (Å²) in [4.78, 5) is 10.9. The molecule has 1 heterocycles. The first-order valence-corrected chi connectivity index (χ1v) is 8.46. The van der Waals surface area contributed by atoms with Crippen LogP contribution in [0.15, 0.2) is 48.5 Å². The Morgan fingerprint density at radius 2 is 1.84 bits per heavy atom. The van der Waals surface area contributed by atoms with Gasteiger partial charge in [-0.3, -0.25) is 0 Å². The summed E-state index contributed by atoms with van der Waals surface area (Å²) in [5.74, 6) is -1.14. The van der Waals surface area contributed by atoms with E-state index < -0.39 is 5.97 Å². The minimum Gasteiger partial charge on any atom is -0.478 e. The first kappa shape index (κ1) is 17.6. The molecule has 0 aliphatic carbocycles. The molecule has 1 aliphatic heterocycles. The van der Waals surface area contributed by atoms with E-state index in [-0.39, 0.29) is 16.9 Å². The van der Waals surface area contributed by atoms with Gasteiger partial charge in [-0.15, -0.1) is 0 Å². The molecule has 1 aliphatic rings. The third-order valence-electron chi connectivity index (χ3n) is 4.75. The molecule has 2 N–H and O–H groups in total. The molecule has 5 heteroatoms. The molecule has 0 spiro atoms. The zero-order valence-corrected chi connectivity index (χ0v) is 14.0. The molecule has 0 amide bonds. The molecular weight excluding hydrogens is 321 g/mol. The summed E-state index contributed by atoms with van der Waals surface area (Å²) in [6, 6.07) is 13.6. The summed E-state index contributed by atoms with van der Waals surface area (Å²) >= 11 is 0. The predicted octanol–water partition coefficient (Wildman–Crippen LogP) is 3.41. The first-order valence-electron chi connectivity index (χ1n) is 8.46. The molecule has 0 atom stereocenters. The van der Waals surface area contributed by atoms with Gasteiger partial charge in [-0.1, -0.05) is 24.3 Å². The van der Waals surface area contributed by atoms with E-state index in [0.29, 0.717) is 19.8 Å². The zero-order valence-electron chi connectivity index (χ0n) is 14.0. The maximum Gasteiger partial charge on any atom is 0.335 e. The number of aromatic carboxylic acids is 1. The summed E-state index contributed by atoms with van der Waals surface area (Å²) in [7, 11) is 0. The van der Waals surface area contributed by atoms with Gasteiger partial charge in [0, 0.05) is 25.3 Å². The number of ether oxygens (including phenoxy) is 1. The molecule has 0 aromatic heterocycles. The van der Waals surface area contributed by atoms with Crippen molar-refractivity contribution in [1.29, 1.82) is 0 Å². The summed E-state index contributed by atoms with van der Waals surface area (Å²) in [5, 5.41) is 12.6. The van der Waals surface area contributed by atoms with Gasteiger partial charge in [0.1, 0.15) is 5.82 Å². The molecule has 0 saturated carbocycles. The normalized spacial score (nSPS) is 16.5. The predicted molar refractivity (Wildman–Crippen MR) is 93.1 cm³/mol.